The van der Waals surface area contributed by atoms with Crippen LogP contribution in [0.2, 0.25) is 0 Å². The van der Waals surface area contributed by atoms with Crippen LogP contribution in [-0.4, -0.2) is 6.21 Å². The lowest BCUT2D eigenvalue weighted by molar-refractivity contribution is 0.482. The summed E-state index contributed by atoms with van der Waals surface area (Å²) in [6.07, 6.45) is 1.77. The summed E-state index contributed by atoms with van der Waals surface area (Å²) in [5.41, 5.74) is 4.94. The minimum atomic E-state index is 0.792. The van der Waals surface area contributed by atoms with E-state index in [1.54, 1.807) is 6.21 Å². The molecule has 0 atom stereocenters. The molecule has 0 aromatic heterocycles. The van der Waals surface area contributed by atoms with Crippen molar-refractivity contribution in [1.29, 1.82) is 0 Å². The third-order valence-corrected chi connectivity index (χ3v) is 3.64. The van der Waals surface area contributed by atoms with Gasteiger partial charge in [-0.05, 0) is 66.2 Å². The second-order valence-corrected chi connectivity index (χ2v) is 5.78. The van der Waals surface area contributed by atoms with Gasteiger partial charge in [-0.3, -0.25) is 5.43 Å². The van der Waals surface area contributed by atoms with Gasteiger partial charge in [-0.2, -0.15) is 5.10 Å². The molecule has 0 fully saturated rings. The van der Waals surface area contributed by atoms with Crippen LogP contribution in [0.4, 0.5) is 5.69 Å². The van der Waals surface area contributed by atoms with Crippen molar-refractivity contribution in [3.63, 3.8) is 0 Å². The molecule has 0 radical (unpaired) electrons. The molecule has 0 aliphatic rings. The predicted octanol–water partition coefficient (Wildman–Crippen LogP) is 5.69. The van der Waals surface area contributed by atoms with Crippen LogP contribution in [-0.2, 0) is 0 Å². The van der Waals surface area contributed by atoms with Crippen molar-refractivity contribution in [3.05, 3.63) is 88.9 Å². The molecule has 114 valence electrons. The van der Waals surface area contributed by atoms with Gasteiger partial charge >= 0.3 is 0 Å². The quantitative estimate of drug-likeness (QED) is 0.464. The maximum atomic E-state index is 5.78. The molecule has 23 heavy (non-hydrogen) atoms. The highest BCUT2D eigenvalue weighted by atomic mass is 79.9. The Bertz CT molecular complexity index is 769. The number of hydrazone groups is 1. The number of rotatable bonds is 5. The summed E-state index contributed by atoms with van der Waals surface area (Å²) in [7, 11) is 0. The molecule has 0 aliphatic heterocycles. The van der Waals surface area contributed by atoms with Crippen LogP contribution in [0, 0.1) is 0 Å². The van der Waals surface area contributed by atoms with E-state index < -0.39 is 0 Å². The number of benzene rings is 3. The number of para-hydroxylation sites is 1. The Hall–Kier alpha value is -2.59. The van der Waals surface area contributed by atoms with Crippen LogP contribution in [0.25, 0.3) is 0 Å². The van der Waals surface area contributed by atoms with E-state index in [0.29, 0.717) is 0 Å². The van der Waals surface area contributed by atoms with Crippen molar-refractivity contribution in [3.8, 4) is 11.5 Å². The lowest BCUT2D eigenvalue weighted by Gasteiger charge is -2.05. The molecule has 0 aliphatic carbocycles. The highest BCUT2D eigenvalue weighted by Crippen LogP contribution is 2.23. The molecule has 0 saturated heterocycles. The van der Waals surface area contributed by atoms with Crippen molar-refractivity contribution < 1.29 is 4.74 Å². The van der Waals surface area contributed by atoms with E-state index in [9.17, 15) is 0 Å². The second kappa shape index (κ2) is 7.61. The fraction of sp³-hybridized carbons (Fsp3) is 0. The van der Waals surface area contributed by atoms with Crippen molar-refractivity contribution in [2.24, 2.45) is 5.10 Å². The fourth-order valence-corrected chi connectivity index (χ4v) is 2.22. The Kier molecular flexibility index (Phi) is 5.06. The fourth-order valence-electron chi connectivity index (χ4n) is 1.95. The lowest BCUT2D eigenvalue weighted by Crippen LogP contribution is -1.90. The monoisotopic (exact) mass is 366 g/mol. The lowest BCUT2D eigenvalue weighted by atomic mass is 10.2. The summed E-state index contributed by atoms with van der Waals surface area (Å²) in [4.78, 5) is 0. The minimum absolute atomic E-state index is 0.792. The zero-order valence-corrected chi connectivity index (χ0v) is 13.9. The van der Waals surface area contributed by atoms with Gasteiger partial charge in [-0.1, -0.05) is 34.1 Å². The highest BCUT2D eigenvalue weighted by molar-refractivity contribution is 9.10. The van der Waals surface area contributed by atoms with Gasteiger partial charge in [0.2, 0.25) is 0 Å². The number of ether oxygens (including phenoxy) is 1. The van der Waals surface area contributed by atoms with E-state index in [0.717, 1.165) is 27.2 Å². The average molecular weight is 367 g/mol. The van der Waals surface area contributed by atoms with Crippen LogP contribution in [0.3, 0.4) is 0 Å². The van der Waals surface area contributed by atoms with Crippen molar-refractivity contribution in [2.75, 3.05) is 5.43 Å². The zero-order chi connectivity index (χ0) is 15.9. The third kappa shape index (κ3) is 4.69. The number of hydrogen-bond donors (Lipinski definition) is 1. The first-order valence-electron chi connectivity index (χ1n) is 7.17. The number of halogens is 1. The number of hydrogen-bond acceptors (Lipinski definition) is 3. The molecule has 3 rings (SSSR count). The van der Waals surface area contributed by atoms with Gasteiger partial charge in [0, 0.05) is 4.47 Å². The maximum absolute atomic E-state index is 5.78. The minimum Gasteiger partial charge on any atom is -0.457 e. The first-order valence-corrected chi connectivity index (χ1v) is 7.96. The van der Waals surface area contributed by atoms with Gasteiger partial charge < -0.3 is 4.74 Å². The van der Waals surface area contributed by atoms with Gasteiger partial charge in [0.1, 0.15) is 11.5 Å². The summed E-state index contributed by atoms with van der Waals surface area (Å²) in [6, 6.07) is 25.3. The van der Waals surface area contributed by atoms with Gasteiger partial charge in [-0.25, -0.2) is 0 Å². The number of nitrogens with one attached hydrogen (secondary N) is 1. The first-order chi connectivity index (χ1) is 11.3. The van der Waals surface area contributed by atoms with E-state index in [4.69, 9.17) is 4.74 Å². The van der Waals surface area contributed by atoms with Gasteiger partial charge in [-0.15, -0.1) is 0 Å². The number of nitrogens with zero attached hydrogens (tertiary/aromatic N) is 1. The Labute approximate surface area is 143 Å². The Morgan fingerprint density at radius 3 is 2.04 bits per heavy atom. The normalized spacial score (nSPS) is 10.7. The molecule has 0 bridgehead atoms. The van der Waals surface area contributed by atoms with Crippen molar-refractivity contribution in [2.45, 2.75) is 0 Å². The SMILES string of the molecule is Brc1ccc(Oc2ccc(C=NNc3ccccc3)cc2)cc1. The molecule has 0 saturated carbocycles. The molecule has 3 aromatic carbocycles. The molecule has 1 N–H and O–H groups in total. The average Bonchev–Trinajstić information content (AvgIpc) is 2.59. The Balaban J connectivity index is 1.59. The van der Waals surface area contributed by atoms with Crippen LogP contribution in [0.15, 0.2) is 88.4 Å². The molecule has 3 nitrogen and oxygen atoms in total. The summed E-state index contributed by atoms with van der Waals surface area (Å²) in [6.45, 7) is 0. The van der Waals surface area contributed by atoms with Crippen molar-refractivity contribution >= 4 is 27.8 Å². The zero-order valence-electron chi connectivity index (χ0n) is 12.3. The largest absolute Gasteiger partial charge is 0.457 e. The smallest absolute Gasteiger partial charge is 0.127 e. The molecule has 0 heterocycles. The molecular weight excluding hydrogens is 352 g/mol. The Morgan fingerprint density at radius 1 is 0.783 bits per heavy atom. The molecule has 4 heteroatoms. The standard InChI is InChI=1S/C19H15BrN2O/c20-16-8-12-19(13-9-16)23-18-10-6-15(7-11-18)14-21-22-17-4-2-1-3-5-17/h1-14,22H. The summed E-state index contributed by atoms with van der Waals surface area (Å²) >= 11 is 3.41. The first kappa shape index (κ1) is 15.3. The van der Waals surface area contributed by atoms with E-state index in [1.807, 2.05) is 78.9 Å². The highest BCUT2D eigenvalue weighted by Gasteiger charge is 1.97. The Morgan fingerprint density at radius 2 is 1.39 bits per heavy atom. The van der Waals surface area contributed by atoms with Crippen molar-refractivity contribution in [1.82, 2.24) is 0 Å². The summed E-state index contributed by atoms with van der Waals surface area (Å²) in [5.74, 6) is 1.60. The van der Waals surface area contributed by atoms with Crippen LogP contribution in [0.1, 0.15) is 5.56 Å². The second-order valence-electron chi connectivity index (χ2n) is 4.86. The van der Waals surface area contributed by atoms with Crippen LogP contribution in [0.5, 0.6) is 11.5 Å². The molecule has 0 spiro atoms. The number of anilines is 1. The van der Waals surface area contributed by atoms with Crippen LogP contribution >= 0.6 is 15.9 Å². The predicted molar refractivity (Wildman–Crippen MR) is 98.3 cm³/mol. The van der Waals surface area contributed by atoms with Crippen LogP contribution < -0.4 is 10.2 Å². The van der Waals surface area contributed by atoms with E-state index in [1.165, 1.54) is 0 Å². The van der Waals surface area contributed by atoms with Gasteiger partial charge in [0.05, 0.1) is 11.9 Å². The summed E-state index contributed by atoms with van der Waals surface area (Å²) < 4.78 is 6.81. The molecule has 0 unspecified atom stereocenters. The maximum Gasteiger partial charge on any atom is 0.127 e. The van der Waals surface area contributed by atoms with Gasteiger partial charge in [0.25, 0.3) is 0 Å². The third-order valence-electron chi connectivity index (χ3n) is 3.11. The molecule has 3 aromatic rings. The molecule has 0 amide bonds. The van der Waals surface area contributed by atoms with E-state index in [2.05, 4.69) is 26.5 Å². The summed E-state index contributed by atoms with van der Waals surface area (Å²) in [5, 5.41) is 4.21. The van der Waals surface area contributed by atoms with E-state index in [-0.39, 0.29) is 0 Å². The van der Waals surface area contributed by atoms with Gasteiger partial charge in [0.15, 0.2) is 0 Å². The molecular formula is C19H15BrN2O. The van der Waals surface area contributed by atoms with E-state index >= 15 is 0 Å². The topological polar surface area (TPSA) is 33.6 Å².